The van der Waals surface area contributed by atoms with Gasteiger partial charge in [0, 0.05) is 18.0 Å². The lowest BCUT2D eigenvalue weighted by Gasteiger charge is -2.50. The SMILES string of the molecule is C[C@@H]1C2CN=C3N[C@@H]([C@H](O)c4cc(=O)[nH]c(=O)[nH]4)C[C@@H](C[C@@H]1OS(=O)(=O)O)N32. The van der Waals surface area contributed by atoms with Crippen LogP contribution in [0.2, 0.25) is 0 Å². The summed E-state index contributed by atoms with van der Waals surface area (Å²) in [4.78, 5) is 34.0. The monoisotopic (exact) mass is 415 g/mol. The van der Waals surface area contributed by atoms with Crippen molar-refractivity contribution >= 4 is 16.4 Å². The van der Waals surface area contributed by atoms with Gasteiger partial charge in [0.05, 0.1) is 30.4 Å². The number of hydrogen-bond donors (Lipinski definition) is 5. The number of guanidine groups is 1. The molecule has 154 valence electrons. The largest absolute Gasteiger partial charge is 0.397 e. The number of piperidine rings is 1. The Morgan fingerprint density at radius 3 is 2.75 bits per heavy atom. The second kappa shape index (κ2) is 6.69. The van der Waals surface area contributed by atoms with Crippen LogP contribution in [0, 0.1) is 5.92 Å². The second-order valence-electron chi connectivity index (χ2n) is 7.42. The number of aliphatic hydroxyl groups excluding tert-OH is 1. The van der Waals surface area contributed by atoms with Gasteiger partial charge in [0.1, 0.15) is 6.10 Å². The normalized spacial score (nSPS) is 33.0. The standard InChI is InChI=1S/C15H21N5O7S/c1-6-10-5-16-14-17-8(13(22)9-4-12(21)19-15(23)18-9)2-7(20(10)14)3-11(6)27-28(24,25)26/h4,6-8,10-11,13,22H,2-3,5H2,1H3,(H,16,17)(H,24,25,26)(H2,18,19,21,23)/t6-,7+,8-,10?,11+,13+/m1/s1. The molecule has 0 spiro atoms. The highest BCUT2D eigenvalue weighted by Crippen LogP contribution is 2.39. The van der Waals surface area contributed by atoms with Crippen LogP contribution in [0.3, 0.4) is 0 Å². The van der Waals surface area contributed by atoms with Gasteiger partial charge in [-0.25, -0.2) is 8.98 Å². The molecule has 0 aromatic carbocycles. The summed E-state index contributed by atoms with van der Waals surface area (Å²) in [5.41, 5.74) is -1.27. The maximum Gasteiger partial charge on any atom is 0.397 e. The van der Waals surface area contributed by atoms with Gasteiger partial charge in [0.15, 0.2) is 5.96 Å². The number of rotatable bonds is 4. The fraction of sp³-hybridized carbons (Fsp3) is 0.667. The van der Waals surface area contributed by atoms with Crippen molar-refractivity contribution in [3.8, 4) is 0 Å². The van der Waals surface area contributed by atoms with Crippen LogP contribution in [-0.2, 0) is 14.6 Å². The van der Waals surface area contributed by atoms with Gasteiger partial charge in [0.25, 0.3) is 5.56 Å². The molecule has 4 rings (SSSR count). The molecule has 0 radical (unpaired) electrons. The molecular formula is C15H21N5O7S. The van der Waals surface area contributed by atoms with E-state index in [9.17, 15) is 23.1 Å². The van der Waals surface area contributed by atoms with Crippen LogP contribution in [0.5, 0.6) is 0 Å². The summed E-state index contributed by atoms with van der Waals surface area (Å²) in [5.74, 6) is 0.390. The summed E-state index contributed by atoms with van der Waals surface area (Å²) in [5, 5.41) is 13.8. The number of aliphatic imine (C=N–C) groups is 1. The summed E-state index contributed by atoms with van der Waals surface area (Å²) in [6, 6.07) is 0.275. The van der Waals surface area contributed by atoms with Gasteiger partial charge in [-0.05, 0) is 12.8 Å². The van der Waals surface area contributed by atoms with E-state index in [0.29, 0.717) is 25.3 Å². The highest BCUT2D eigenvalue weighted by molar-refractivity contribution is 7.80. The van der Waals surface area contributed by atoms with Crippen molar-refractivity contribution in [1.29, 1.82) is 0 Å². The van der Waals surface area contributed by atoms with E-state index in [2.05, 4.69) is 20.2 Å². The quantitative estimate of drug-likeness (QED) is 0.351. The first-order valence-electron chi connectivity index (χ1n) is 8.89. The third kappa shape index (κ3) is 3.45. The van der Waals surface area contributed by atoms with E-state index < -0.39 is 39.9 Å². The zero-order chi connectivity index (χ0) is 20.2. The average Bonchev–Trinajstić information content (AvgIpc) is 3.01. The van der Waals surface area contributed by atoms with Gasteiger partial charge in [-0.1, -0.05) is 6.92 Å². The van der Waals surface area contributed by atoms with Crippen molar-refractivity contribution in [1.82, 2.24) is 20.2 Å². The molecule has 28 heavy (non-hydrogen) atoms. The average molecular weight is 415 g/mol. The number of aliphatic hydroxyl groups is 1. The summed E-state index contributed by atoms with van der Waals surface area (Å²) < 4.78 is 36.4. The topological polar surface area (TPSA) is 177 Å². The number of aromatic nitrogens is 2. The Labute approximate surface area is 159 Å². The third-order valence-electron chi connectivity index (χ3n) is 5.69. The summed E-state index contributed by atoms with van der Waals surface area (Å²) in [6.45, 7) is 2.27. The van der Waals surface area contributed by atoms with Crippen LogP contribution in [0.1, 0.15) is 31.6 Å². The van der Waals surface area contributed by atoms with Crippen molar-refractivity contribution in [2.45, 2.75) is 50.1 Å². The Bertz CT molecular complexity index is 990. The molecule has 6 atom stereocenters. The van der Waals surface area contributed by atoms with Gasteiger partial charge in [0.2, 0.25) is 0 Å². The van der Waals surface area contributed by atoms with Crippen molar-refractivity contribution in [2.24, 2.45) is 10.9 Å². The molecular weight excluding hydrogens is 394 g/mol. The molecule has 3 aliphatic heterocycles. The first-order chi connectivity index (χ1) is 13.1. The van der Waals surface area contributed by atoms with Crippen LogP contribution in [-0.4, -0.2) is 69.7 Å². The minimum absolute atomic E-state index is 0.0739. The smallest absolute Gasteiger partial charge is 0.385 e. The number of nitrogens with zero attached hydrogens (tertiary/aromatic N) is 2. The lowest BCUT2D eigenvalue weighted by Crippen LogP contribution is -2.65. The first-order valence-corrected chi connectivity index (χ1v) is 10.3. The number of nitrogens with one attached hydrogen (secondary N) is 3. The molecule has 0 saturated carbocycles. The van der Waals surface area contributed by atoms with Crippen LogP contribution in [0.4, 0.5) is 0 Å². The highest BCUT2D eigenvalue weighted by atomic mass is 32.3. The molecule has 1 aromatic rings. The lowest BCUT2D eigenvalue weighted by atomic mass is 9.81. The number of hydrogen-bond acceptors (Lipinski definition) is 9. The van der Waals surface area contributed by atoms with Crippen LogP contribution < -0.4 is 16.6 Å². The molecule has 13 heteroatoms. The van der Waals surface area contributed by atoms with Gasteiger partial charge in [-0.2, -0.15) is 8.42 Å². The number of aromatic amines is 2. The minimum Gasteiger partial charge on any atom is -0.385 e. The Hall–Kier alpha value is -2.22. The summed E-state index contributed by atoms with van der Waals surface area (Å²) in [7, 11) is -4.59. The first kappa shape index (κ1) is 19.1. The lowest BCUT2D eigenvalue weighted by molar-refractivity contribution is -0.00935. The molecule has 0 amide bonds. The molecule has 3 aliphatic rings. The Kier molecular flexibility index (Phi) is 4.56. The zero-order valence-corrected chi connectivity index (χ0v) is 15.7. The molecule has 2 saturated heterocycles. The van der Waals surface area contributed by atoms with Gasteiger partial charge in [-0.3, -0.25) is 19.3 Å². The molecule has 0 bridgehead atoms. The molecule has 12 nitrogen and oxygen atoms in total. The maximum absolute atomic E-state index is 11.5. The predicted molar refractivity (Wildman–Crippen MR) is 96.1 cm³/mol. The van der Waals surface area contributed by atoms with E-state index in [0.717, 1.165) is 6.07 Å². The fourth-order valence-electron chi connectivity index (χ4n) is 4.42. The minimum atomic E-state index is -4.59. The third-order valence-corrected chi connectivity index (χ3v) is 6.18. The zero-order valence-electron chi connectivity index (χ0n) is 14.9. The molecule has 5 N–H and O–H groups in total. The molecule has 0 aliphatic carbocycles. The van der Waals surface area contributed by atoms with E-state index in [4.69, 9.17) is 8.74 Å². The summed E-state index contributed by atoms with van der Waals surface area (Å²) in [6.07, 6.45) is -1.19. The van der Waals surface area contributed by atoms with Gasteiger partial charge in [-0.15, -0.1) is 0 Å². The van der Waals surface area contributed by atoms with Crippen LogP contribution in [0.15, 0.2) is 20.6 Å². The highest BCUT2D eigenvalue weighted by Gasteiger charge is 2.50. The van der Waals surface area contributed by atoms with Gasteiger partial charge >= 0.3 is 16.1 Å². The van der Waals surface area contributed by atoms with E-state index in [1.807, 2.05) is 11.9 Å². The van der Waals surface area contributed by atoms with E-state index in [1.165, 1.54) is 0 Å². The second-order valence-corrected chi connectivity index (χ2v) is 8.47. The Morgan fingerprint density at radius 2 is 2.07 bits per heavy atom. The van der Waals surface area contributed by atoms with Crippen molar-refractivity contribution in [3.63, 3.8) is 0 Å². The molecule has 2 fully saturated rings. The molecule has 1 aromatic heterocycles. The van der Waals surface area contributed by atoms with E-state index in [-0.39, 0.29) is 23.7 Å². The summed E-state index contributed by atoms with van der Waals surface area (Å²) >= 11 is 0. The van der Waals surface area contributed by atoms with E-state index in [1.54, 1.807) is 0 Å². The van der Waals surface area contributed by atoms with Crippen molar-refractivity contribution in [2.75, 3.05) is 6.54 Å². The van der Waals surface area contributed by atoms with Crippen molar-refractivity contribution < 1.29 is 22.3 Å². The maximum atomic E-state index is 11.5. The Morgan fingerprint density at radius 1 is 1.32 bits per heavy atom. The fourth-order valence-corrected chi connectivity index (χ4v) is 4.98. The molecule has 1 unspecified atom stereocenters. The van der Waals surface area contributed by atoms with Gasteiger partial charge < -0.3 is 20.3 Å². The van der Waals surface area contributed by atoms with Crippen molar-refractivity contribution in [3.05, 3.63) is 32.6 Å². The van der Waals surface area contributed by atoms with Crippen LogP contribution in [0.25, 0.3) is 0 Å². The molecule has 4 heterocycles. The van der Waals surface area contributed by atoms with Crippen LogP contribution >= 0.6 is 0 Å². The predicted octanol–water partition coefficient (Wildman–Crippen LogP) is -1.90. The number of H-pyrrole nitrogens is 2. The Balaban J connectivity index is 1.59. The van der Waals surface area contributed by atoms with E-state index >= 15 is 0 Å².